The van der Waals surface area contributed by atoms with Crippen LogP contribution in [0.15, 0.2) is 42.5 Å². The van der Waals surface area contributed by atoms with E-state index in [1.54, 1.807) is 6.08 Å². The number of alkyl carbamates (subject to hydrolysis) is 1. The third kappa shape index (κ3) is 11.6. The lowest BCUT2D eigenvalue weighted by atomic mass is 10.1. The van der Waals surface area contributed by atoms with Crippen molar-refractivity contribution in [3.8, 4) is 5.75 Å². The highest BCUT2D eigenvalue weighted by Gasteiger charge is 2.40. The summed E-state index contributed by atoms with van der Waals surface area (Å²) in [4.78, 5) is 22.7. The third-order valence-electron chi connectivity index (χ3n) is 5.59. The zero-order valence-corrected chi connectivity index (χ0v) is 23.7. The van der Waals surface area contributed by atoms with Gasteiger partial charge in [-0.15, -0.1) is 0 Å². The predicted molar refractivity (Wildman–Crippen MR) is 149 cm³/mol. The first kappa shape index (κ1) is 31.3. The molecule has 9 nitrogen and oxygen atoms in total. The molecule has 0 saturated heterocycles. The fourth-order valence-electron chi connectivity index (χ4n) is 3.89. The molecule has 0 spiro atoms. The largest absolute Gasteiger partial charge is 0.502 e. The lowest BCUT2D eigenvalue weighted by Gasteiger charge is -2.28. The third-order valence-corrected chi connectivity index (χ3v) is 8.64. The first-order valence-corrected chi connectivity index (χ1v) is 15.2. The lowest BCUT2D eigenvalue weighted by molar-refractivity contribution is -0.131. The van der Waals surface area contributed by atoms with E-state index in [1.165, 1.54) is 0 Å². The molecule has 2 aromatic carbocycles. The first-order chi connectivity index (χ1) is 18.4. The fourth-order valence-corrected chi connectivity index (χ4v) is 6.32. The maximum atomic E-state index is 12.0. The van der Waals surface area contributed by atoms with Crippen LogP contribution in [0.4, 0.5) is 4.79 Å². The van der Waals surface area contributed by atoms with Crippen LogP contribution in [0.3, 0.4) is 0 Å². The van der Waals surface area contributed by atoms with Crippen LogP contribution in [0.25, 0.3) is 16.8 Å². The van der Waals surface area contributed by atoms with Crippen molar-refractivity contribution in [2.24, 2.45) is 0 Å². The number of unbranched alkanes of at least 4 members (excludes halogenated alkanes) is 3. The van der Waals surface area contributed by atoms with Gasteiger partial charge in [-0.2, -0.15) is 0 Å². The average Bonchev–Trinajstić information content (AvgIpc) is 2.89. The number of nitrogens with one attached hydrogen (secondary N) is 1. The van der Waals surface area contributed by atoms with Crippen LogP contribution < -0.4 is 10.1 Å². The Bertz CT molecular complexity index is 1010. The molecule has 0 aliphatic heterocycles. The van der Waals surface area contributed by atoms with Crippen LogP contribution in [0.2, 0.25) is 6.04 Å². The molecule has 1 amide bonds. The maximum absolute atomic E-state index is 12.0. The topological polar surface area (TPSA) is 113 Å². The van der Waals surface area contributed by atoms with Crippen molar-refractivity contribution in [1.29, 1.82) is 0 Å². The maximum Gasteiger partial charge on any atom is 0.502 e. The molecule has 210 valence electrons. The van der Waals surface area contributed by atoms with E-state index >= 15 is 0 Å². The molecule has 0 atom stereocenters. The van der Waals surface area contributed by atoms with Gasteiger partial charge in [0.1, 0.15) is 5.75 Å². The van der Waals surface area contributed by atoms with Crippen LogP contribution in [0.5, 0.6) is 5.75 Å². The number of benzene rings is 2. The molecular formula is C28H41NO8Si. The number of ether oxygens (including phenoxy) is 2. The Balaban J connectivity index is 1.59. The molecule has 0 saturated carbocycles. The summed E-state index contributed by atoms with van der Waals surface area (Å²) < 4.78 is 28.5. The van der Waals surface area contributed by atoms with Crippen molar-refractivity contribution >= 4 is 37.7 Å². The van der Waals surface area contributed by atoms with E-state index < -0.39 is 20.9 Å². The van der Waals surface area contributed by atoms with Gasteiger partial charge in [-0.3, -0.25) is 0 Å². The first-order valence-electron chi connectivity index (χ1n) is 13.3. The second-order valence-electron chi connectivity index (χ2n) is 8.50. The van der Waals surface area contributed by atoms with E-state index in [0.717, 1.165) is 53.8 Å². The fraction of sp³-hybridized carbons (Fsp3) is 0.500. The van der Waals surface area contributed by atoms with Gasteiger partial charge >= 0.3 is 20.9 Å². The van der Waals surface area contributed by atoms with Gasteiger partial charge in [-0.25, -0.2) is 9.59 Å². The number of carboxylic acids is 1. The van der Waals surface area contributed by atoms with Crippen LogP contribution in [0.1, 0.15) is 52.0 Å². The van der Waals surface area contributed by atoms with Gasteiger partial charge < -0.3 is 33.2 Å². The second-order valence-corrected chi connectivity index (χ2v) is 11.2. The molecule has 0 aliphatic rings. The number of amides is 1. The standard InChI is InChI=1S/C28H41NO8Si/c1-4-35-38(36-5-2,37-6-3)20-17-29-28(32)34-19-10-8-7-9-18-33-26-15-14-24-21-23(12-16-27(30)31)11-13-25(24)22-26/h11-16,21-22H,4-10,17-20H2,1-3H3,(H,29,32)(H,30,31). The van der Waals surface area contributed by atoms with Gasteiger partial charge in [0.05, 0.1) is 13.2 Å². The van der Waals surface area contributed by atoms with Crippen molar-refractivity contribution in [2.75, 3.05) is 39.6 Å². The summed E-state index contributed by atoms with van der Waals surface area (Å²) in [6.07, 6.45) is 5.87. The zero-order chi connectivity index (χ0) is 27.6. The summed E-state index contributed by atoms with van der Waals surface area (Å²) >= 11 is 0. The summed E-state index contributed by atoms with van der Waals surface area (Å²) in [7, 11) is -2.77. The van der Waals surface area contributed by atoms with E-state index in [-0.39, 0.29) is 0 Å². The van der Waals surface area contributed by atoms with Crippen molar-refractivity contribution in [3.63, 3.8) is 0 Å². The minimum atomic E-state index is -2.77. The van der Waals surface area contributed by atoms with Crippen LogP contribution >= 0.6 is 0 Å². The Morgan fingerprint density at radius 3 is 2.16 bits per heavy atom. The van der Waals surface area contributed by atoms with Gasteiger partial charge in [-0.05, 0) is 87.1 Å². The Morgan fingerprint density at radius 2 is 1.50 bits per heavy atom. The highest BCUT2D eigenvalue weighted by molar-refractivity contribution is 6.60. The van der Waals surface area contributed by atoms with E-state index in [4.69, 9.17) is 27.9 Å². The van der Waals surface area contributed by atoms with Gasteiger partial charge in [0.15, 0.2) is 0 Å². The lowest BCUT2D eigenvalue weighted by Crippen LogP contribution is -2.48. The molecule has 0 radical (unpaired) electrons. The zero-order valence-electron chi connectivity index (χ0n) is 22.7. The summed E-state index contributed by atoms with van der Waals surface area (Å²) in [6.45, 7) is 8.56. The summed E-state index contributed by atoms with van der Waals surface area (Å²) in [5.74, 6) is -0.166. The molecule has 0 heterocycles. The monoisotopic (exact) mass is 547 g/mol. The predicted octanol–water partition coefficient (Wildman–Crippen LogP) is 5.65. The SMILES string of the molecule is CCO[Si](CCNC(=O)OCCCCCCOc1ccc2cc(C=CC(=O)O)ccc2c1)(OCC)OCC. The van der Waals surface area contributed by atoms with Crippen LogP contribution in [-0.4, -0.2) is 65.6 Å². The van der Waals surface area contributed by atoms with E-state index in [0.29, 0.717) is 45.6 Å². The van der Waals surface area contributed by atoms with E-state index in [1.807, 2.05) is 57.2 Å². The summed E-state index contributed by atoms with van der Waals surface area (Å²) in [6, 6.07) is 12.1. The van der Waals surface area contributed by atoms with E-state index in [2.05, 4.69) is 5.32 Å². The number of fused-ring (bicyclic) bond motifs is 1. The molecule has 0 bridgehead atoms. The van der Waals surface area contributed by atoms with Crippen LogP contribution in [-0.2, 0) is 22.8 Å². The molecule has 0 fully saturated rings. The van der Waals surface area contributed by atoms with Crippen molar-refractivity contribution in [2.45, 2.75) is 52.5 Å². The molecule has 2 N–H and O–H groups in total. The minimum absolute atomic E-state index is 0.367. The normalized spacial score (nSPS) is 11.7. The highest BCUT2D eigenvalue weighted by Crippen LogP contribution is 2.23. The van der Waals surface area contributed by atoms with Crippen molar-refractivity contribution < 1.29 is 37.4 Å². The Hall–Kier alpha value is -2.92. The number of hydrogen-bond donors (Lipinski definition) is 2. The minimum Gasteiger partial charge on any atom is -0.494 e. The molecule has 0 aliphatic carbocycles. The molecular weight excluding hydrogens is 506 g/mol. The van der Waals surface area contributed by atoms with Crippen molar-refractivity contribution in [3.05, 3.63) is 48.0 Å². The molecule has 2 rings (SSSR count). The number of hydrogen-bond acceptors (Lipinski definition) is 7. The second kappa shape index (κ2) is 17.6. The number of carbonyl (C=O) groups is 2. The summed E-state index contributed by atoms with van der Waals surface area (Å²) in [5.41, 5.74) is 0.837. The number of rotatable bonds is 19. The molecule has 10 heteroatoms. The number of carbonyl (C=O) groups excluding carboxylic acids is 1. The quantitative estimate of drug-likeness (QED) is 0.132. The van der Waals surface area contributed by atoms with Gasteiger partial charge in [-0.1, -0.05) is 18.2 Å². The number of aliphatic carboxylic acids is 1. The molecule has 2 aromatic rings. The summed E-state index contributed by atoms with van der Waals surface area (Å²) in [5, 5.41) is 13.6. The van der Waals surface area contributed by atoms with Gasteiger partial charge in [0, 0.05) is 38.5 Å². The number of carboxylic acid groups (broad SMARTS) is 1. The molecule has 0 aromatic heterocycles. The molecule has 0 unspecified atom stereocenters. The Morgan fingerprint density at radius 1 is 0.868 bits per heavy atom. The average molecular weight is 548 g/mol. The van der Waals surface area contributed by atoms with E-state index in [9.17, 15) is 9.59 Å². The van der Waals surface area contributed by atoms with Crippen molar-refractivity contribution in [1.82, 2.24) is 5.32 Å². The van der Waals surface area contributed by atoms with Gasteiger partial charge in [0.25, 0.3) is 0 Å². The molecule has 38 heavy (non-hydrogen) atoms. The van der Waals surface area contributed by atoms with Gasteiger partial charge in [0.2, 0.25) is 0 Å². The smallest absolute Gasteiger partial charge is 0.494 e. The Kier molecular flexibility index (Phi) is 14.5. The highest BCUT2D eigenvalue weighted by atomic mass is 28.4. The Labute approximate surface area is 226 Å². The van der Waals surface area contributed by atoms with Crippen LogP contribution in [0, 0.1) is 0 Å².